The fraction of sp³-hybridized carbons (Fsp3) is 0.483. The van der Waals surface area contributed by atoms with E-state index in [1.807, 2.05) is 20.8 Å². The third kappa shape index (κ3) is 2.89. The third-order valence-electron chi connectivity index (χ3n) is 9.29. The van der Waals surface area contributed by atoms with Crippen LogP contribution < -0.4 is 0 Å². The van der Waals surface area contributed by atoms with E-state index in [2.05, 4.69) is 6.58 Å². The number of carbonyl (C=O) groups excluding carboxylic acids is 3. The number of allylic oxidation sites excluding steroid dienone is 3. The predicted octanol–water partition coefficient (Wildman–Crippen LogP) is 5.11. The Labute approximate surface area is 206 Å². The summed E-state index contributed by atoms with van der Waals surface area (Å²) in [4.78, 5) is 40.2. The maximum atomic E-state index is 13.9. The SMILES string of the molecule is C=C(CC)C[C@@H]1[C@]2(C)C(=C(O)[C@@]3(O)C(=O)C(C(C)=O)=C(C)C[C@@]13C)C(=O)c1c(O)cccc1[C@H]2C. The Morgan fingerprint density at radius 2 is 1.83 bits per heavy atom. The quantitative estimate of drug-likeness (QED) is 0.409. The summed E-state index contributed by atoms with van der Waals surface area (Å²) >= 11 is 0. The standard InChI is InChI=1S/C29H34O6/c1-8-14(2)12-20-27(6)13-15(3)21(17(5)30)25(33)29(27,35)26(34)23-24(32)22-18(10-9-11-19(22)31)16(4)28(20,23)7/h9-11,16,20,31,34-35H,2,8,12-13H2,1,3-7H3/t16-,20+,27+,28-,29+/m1/s1. The van der Waals surface area contributed by atoms with E-state index in [9.17, 15) is 29.7 Å². The van der Waals surface area contributed by atoms with Crippen LogP contribution in [0.1, 0.15) is 82.6 Å². The molecule has 1 aromatic carbocycles. The number of aromatic hydroxyl groups is 1. The van der Waals surface area contributed by atoms with Crippen LogP contribution >= 0.6 is 0 Å². The van der Waals surface area contributed by atoms with Crippen LogP contribution in [0.15, 0.2) is 52.8 Å². The van der Waals surface area contributed by atoms with Gasteiger partial charge in [-0.1, -0.05) is 57.6 Å². The summed E-state index contributed by atoms with van der Waals surface area (Å²) in [7, 11) is 0. The van der Waals surface area contributed by atoms with Gasteiger partial charge in [-0.3, -0.25) is 14.4 Å². The number of fused-ring (bicyclic) bond motifs is 3. The molecule has 0 saturated heterocycles. The fourth-order valence-corrected chi connectivity index (χ4v) is 7.24. The number of hydrogen-bond acceptors (Lipinski definition) is 6. The average molecular weight is 479 g/mol. The summed E-state index contributed by atoms with van der Waals surface area (Å²) < 4.78 is 0. The Bertz CT molecular complexity index is 1270. The molecule has 1 aromatic rings. The number of rotatable bonds is 4. The van der Waals surface area contributed by atoms with Crippen molar-refractivity contribution in [1.82, 2.24) is 0 Å². The number of hydrogen-bond donors (Lipinski definition) is 3. The van der Waals surface area contributed by atoms with Crippen molar-refractivity contribution in [3.63, 3.8) is 0 Å². The Morgan fingerprint density at radius 1 is 1.20 bits per heavy atom. The molecule has 0 heterocycles. The van der Waals surface area contributed by atoms with Gasteiger partial charge in [0.15, 0.2) is 17.2 Å². The first-order valence-corrected chi connectivity index (χ1v) is 12.1. The Hall–Kier alpha value is -2.99. The van der Waals surface area contributed by atoms with Crippen LogP contribution in [0.25, 0.3) is 0 Å². The number of phenolic OH excluding ortho intramolecular Hbond substituents is 1. The van der Waals surface area contributed by atoms with Gasteiger partial charge in [0.2, 0.25) is 5.78 Å². The minimum absolute atomic E-state index is 0.0660. The van der Waals surface area contributed by atoms with Gasteiger partial charge >= 0.3 is 0 Å². The summed E-state index contributed by atoms with van der Waals surface area (Å²) in [5.41, 5.74) is -2.65. The van der Waals surface area contributed by atoms with Crippen LogP contribution in [0.4, 0.5) is 0 Å². The summed E-state index contributed by atoms with van der Waals surface area (Å²) in [5, 5.41) is 34.5. The maximum absolute atomic E-state index is 13.9. The van der Waals surface area contributed by atoms with Gasteiger partial charge in [0, 0.05) is 16.4 Å². The monoisotopic (exact) mass is 478 g/mol. The molecule has 3 aliphatic carbocycles. The van der Waals surface area contributed by atoms with Gasteiger partial charge in [-0.05, 0) is 56.6 Å². The fourth-order valence-electron chi connectivity index (χ4n) is 7.24. The zero-order chi connectivity index (χ0) is 26.2. The molecule has 5 atom stereocenters. The van der Waals surface area contributed by atoms with E-state index < -0.39 is 45.5 Å². The zero-order valence-electron chi connectivity index (χ0n) is 21.3. The molecule has 0 aliphatic heterocycles. The largest absolute Gasteiger partial charge is 0.508 e. The van der Waals surface area contributed by atoms with Gasteiger partial charge < -0.3 is 15.3 Å². The summed E-state index contributed by atoms with van der Waals surface area (Å²) in [6.45, 7) is 14.8. The number of phenols is 1. The first-order valence-electron chi connectivity index (χ1n) is 12.1. The highest BCUT2D eigenvalue weighted by molar-refractivity contribution is 6.25. The topological polar surface area (TPSA) is 112 Å². The van der Waals surface area contributed by atoms with E-state index >= 15 is 0 Å². The minimum atomic E-state index is -2.46. The van der Waals surface area contributed by atoms with Crippen LogP contribution in [0.3, 0.4) is 0 Å². The lowest BCUT2D eigenvalue weighted by Gasteiger charge is -2.63. The molecule has 6 nitrogen and oxygen atoms in total. The van der Waals surface area contributed by atoms with Crippen LogP contribution in [0, 0.1) is 16.7 Å². The van der Waals surface area contributed by atoms with E-state index in [1.165, 1.54) is 13.0 Å². The molecule has 0 amide bonds. The van der Waals surface area contributed by atoms with Crippen molar-refractivity contribution in [2.75, 3.05) is 0 Å². The molecule has 0 saturated carbocycles. The number of aliphatic hydroxyl groups is 2. The average Bonchev–Trinajstić information content (AvgIpc) is 2.77. The number of Topliss-reactive ketones (excluding diaryl/α,β-unsaturated/α-hetero) is 3. The maximum Gasteiger partial charge on any atom is 0.206 e. The summed E-state index contributed by atoms with van der Waals surface area (Å²) in [5.74, 6) is -3.70. The van der Waals surface area contributed by atoms with Crippen LogP contribution in [0.2, 0.25) is 0 Å². The highest BCUT2D eigenvalue weighted by Gasteiger charge is 2.72. The second-order valence-electron chi connectivity index (χ2n) is 11.0. The highest BCUT2D eigenvalue weighted by Crippen LogP contribution is 2.69. The number of ketones is 3. The first-order chi connectivity index (χ1) is 16.2. The number of carbonyl (C=O) groups is 3. The predicted molar refractivity (Wildman–Crippen MR) is 132 cm³/mol. The van der Waals surface area contributed by atoms with E-state index in [4.69, 9.17) is 0 Å². The Morgan fingerprint density at radius 3 is 2.40 bits per heavy atom. The molecule has 3 aliphatic rings. The van der Waals surface area contributed by atoms with Gasteiger partial charge in [0.25, 0.3) is 0 Å². The second-order valence-corrected chi connectivity index (χ2v) is 11.0. The van der Waals surface area contributed by atoms with Crippen LogP contribution in [0.5, 0.6) is 5.75 Å². The van der Waals surface area contributed by atoms with Crippen LogP contribution in [-0.4, -0.2) is 38.3 Å². The molecular weight excluding hydrogens is 444 g/mol. The molecule has 4 rings (SSSR count). The third-order valence-corrected chi connectivity index (χ3v) is 9.29. The molecule has 186 valence electrons. The van der Waals surface area contributed by atoms with Gasteiger partial charge in [-0.15, -0.1) is 0 Å². The summed E-state index contributed by atoms with van der Waals surface area (Å²) in [6, 6.07) is 4.90. The van der Waals surface area contributed by atoms with E-state index in [1.54, 1.807) is 26.0 Å². The normalized spacial score (nSPS) is 34.4. The van der Waals surface area contributed by atoms with Gasteiger partial charge in [0.05, 0.1) is 11.1 Å². The molecule has 0 aromatic heterocycles. The number of benzene rings is 1. The molecule has 3 N–H and O–H groups in total. The van der Waals surface area contributed by atoms with E-state index in [0.717, 1.165) is 5.57 Å². The van der Waals surface area contributed by atoms with E-state index in [-0.39, 0.29) is 34.8 Å². The lowest BCUT2D eigenvalue weighted by molar-refractivity contribution is -0.171. The molecule has 0 fully saturated rings. The van der Waals surface area contributed by atoms with Crippen molar-refractivity contribution >= 4 is 17.3 Å². The van der Waals surface area contributed by atoms with Crippen molar-refractivity contribution in [3.8, 4) is 5.75 Å². The van der Waals surface area contributed by atoms with Crippen molar-refractivity contribution in [2.45, 2.75) is 72.3 Å². The van der Waals surface area contributed by atoms with Crippen molar-refractivity contribution in [1.29, 1.82) is 0 Å². The van der Waals surface area contributed by atoms with Gasteiger partial charge in [-0.25, -0.2) is 0 Å². The second kappa shape index (κ2) is 7.76. The first kappa shape index (κ1) is 25.1. The highest BCUT2D eigenvalue weighted by atomic mass is 16.3. The summed E-state index contributed by atoms with van der Waals surface area (Å²) in [6.07, 6.45) is 1.30. The minimum Gasteiger partial charge on any atom is -0.508 e. The molecule has 0 unspecified atom stereocenters. The molecule has 35 heavy (non-hydrogen) atoms. The van der Waals surface area contributed by atoms with E-state index in [0.29, 0.717) is 24.0 Å². The molecular formula is C29H34O6. The Kier molecular flexibility index (Phi) is 5.56. The zero-order valence-corrected chi connectivity index (χ0v) is 21.3. The van der Waals surface area contributed by atoms with Gasteiger partial charge in [-0.2, -0.15) is 0 Å². The number of aliphatic hydroxyl groups excluding tert-OH is 1. The lowest BCUT2D eigenvalue weighted by Crippen LogP contribution is -2.68. The molecule has 0 spiro atoms. The van der Waals surface area contributed by atoms with Crippen molar-refractivity contribution in [2.24, 2.45) is 16.7 Å². The molecule has 6 heteroatoms. The smallest absolute Gasteiger partial charge is 0.206 e. The Balaban J connectivity index is 2.15. The van der Waals surface area contributed by atoms with Crippen molar-refractivity contribution < 1.29 is 29.7 Å². The molecule has 0 bridgehead atoms. The van der Waals surface area contributed by atoms with Gasteiger partial charge in [0.1, 0.15) is 11.5 Å². The van der Waals surface area contributed by atoms with Crippen molar-refractivity contribution in [3.05, 3.63) is 64.0 Å². The van der Waals surface area contributed by atoms with Crippen LogP contribution in [-0.2, 0) is 9.59 Å². The molecule has 0 radical (unpaired) electrons. The lowest BCUT2D eigenvalue weighted by atomic mass is 9.40.